The Kier molecular flexibility index (Phi) is 11.7. The molecule has 0 aliphatic rings. The number of allylic oxidation sites excluding steroid dienone is 2. The molecule has 0 aliphatic carbocycles. The first-order chi connectivity index (χ1) is 14.8. The Balaban J connectivity index is 0.000000400. The molecule has 2 heteroatoms. The van der Waals surface area contributed by atoms with Crippen molar-refractivity contribution in [3.63, 3.8) is 0 Å². The predicted molar refractivity (Wildman–Crippen MR) is 137 cm³/mol. The van der Waals surface area contributed by atoms with Gasteiger partial charge in [0, 0.05) is 18.4 Å². The second-order valence-corrected chi connectivity index (χ2v) is 7.61. The molecular formula is C29H38N2. The zero-order valence-corrected chi connectivity index (χ0v) is 20.1. The van der Waals surface area contributed by atoms with Crippen molar-refractivity contribution in [3.8, 4) is 0 Å². The van der Waals surface area contributed by atoms with Crippen LogP contribution >= 0.6 is 0 Å². The molecule has 0 radical (unpaired) electrons. The molecule has 164 valence electrons. The van der Waals surface area contributed by atoms with Crippen molar-refractivity contribution in [2.45, 2.75) is 54.5 Å². The summed E-state index contributed by atoms with van der Waals surface area (Å²) in [6.07, 6.45) is 2.77. The van der Waals surface area contributed by atoms with Crippen LogP contribution in [0, 0.1) is 13.8 Å². The summed E-state index contributed by atoms with van der Waals surface area (Å²) in [6.45, 7) is 20.8. The third-order valence-electron chi connectivity index (χ3n) is 4.51. The fraction of sp³-hybridized carbons (Fsp3) is 0.276. The Morgan fingerprint density at radius 2 is 1.29 bits per heavy atom. The molecule has 2 nitrogen and oxygen atoms in total. The van der Waals surface area contributed by atoms with Gasteiger partial charge in [-0.05, 0) is 68.5 Å². The molecule has 0 atom stereocenters. The lowest BCUT2D eigenvalue weighted by Gasteiger charge is -2.08. The maximum atomic E-state index is 4.32. The summed E-state index contributed by atoms with van der Waals surface area (Å²) >= 11 is 0. The Morgan fingerprint density at radius 1 is 0.774 bits per heavy atom. The summed E-state index contributed by atoms with van der Waals surface area (Å²) in [5.74, 6) is 0. The number of benzene rings is 2. The number of pyridine rings is 1. The molecule has 3 aromatic rings. The molecule has 1 aromatic heterocycles. The lowest BCUT2D eigenvalue weighted by Crippen LogP contribution is -2.09. The number of nitrogens with zero attached hydrogens (tertiary/aromatic N) is 1. The van der Waals surface area contributed by atoms with Crippen LogP contribution < -0.4 is 5.32 Å². The van der Waals surface area contributed by atoms with Gasteiger partial charge in [0.05, 0.1) is 5.69 Å². The summed E-state index contributed by atoms with van der Waals surface area (Å²) < 4.78 is 0. The van der Waals surface area contributed by atoms with Crippen LogP contribution in [0.2, 0.25) is 0 Å². The van der Waals surface area contributed by atoms with Gasteiger partial charge in [0.25, 0.3) is 0 Å². The number of hydrogen-bond acceptors (Lipinski definition) is 2. The molecule has 0 fully saturated rings. The van der Waals surface area contributed by atoms with Crippen LogP contribution in [0.3, 0.4) is 0 Å². The van der Waals surface area contributed by atoms with E-state index in [4.69, 9.17) is 0 Å². The van der Waals surface area contributed by atoms with Crippen LogP contribution in [0.5, 0.6) is 0 Å². The van der Waals surface area contributed by atoms with Gasteiger partial charge in [0.15, 0.2) is 0 Å². The van der Waals surface area contributed by atoms with Crippen LogP contribution in [-0.4, -0.2) is 4.98 Å². The minimum absolute atomic E-state index is 0.824. The number of hydrogen-bond donors (Lipinski definition) is 1. The molecule has 0 amide bonds. The van der Waals surface area contributed by atoms with Gasteiger partial charge < -0.3 is 5.32 Å². The molecule has 1 N–H and O–H groups in total. The standard InChI is InChI=1S/C19H22N2.C8H10.C2H6/c1-14(2)19-12-18(9-10-20-19)11-16-5-7-17(8-6-16)13-21-15(3)4;1-7-3-5-8(2)6-4-7;1-2/h5-10,12,21H,1,3,11,13H2,2,4H3;3-6H,1-2H3;1-2H3. The highest BCUT2D eigenvalue weighted by molar-refractivity contribution is 5.58. The minimum atomic E-state index is 0.824. The smallest absolute Gasteiger partial charge is 0.0655 e. The second kappa shape index (κ2) is 14.0. The first-order valence-electron chi connectivity index (χ1n) is 10.9. The molecule has 0 unspecified atom stereocenters. The summed E-state index contributed by atoms with van der Waals surface area (Å²) in [6, 6.07) is 21.3. The summed E-state index contributed by atoms with van der Waals surface area (Å²) in [7, 11) is 0. The fourth-order valence-corrected chi connectivity index (χ4v) is 2.72. The zero-order chi connectivity index (χ0) is 23.2. The summed E-state index contributed by atoms with van der Waals surface area (Å²) in [5.41, 5.74) is 9.44. The second-order valence-electron chi connectivity index (χ2n) is 7.61. The van der Waals surface area contributed by atoms with E-state index in [-0.39, 0.29) is 0 Å². The Hall–Kier alpha value is -3.13. The largest absolute Gasteiger partial charge is 0.385 e. The predicted octanol–water partition coefficient (Wildman–Crippen LogP) is 7.66. The third kappa shape index (κ3) is 10.5. The molecule has 0 saturated heterocycles. The van der Waals surface area contributed by atoms with Crippen molar-refractivity contribution in [2.24, 2.45) is 0 Å². The Morgan fingerprint density at radius 3 is 1.77 bits per heavy atom. The van der Waals surface area contributed by atoms with Crippen molar-refractivity contribution in [1.29, 1.82) is 0 Å². The van der Waals surface area contributed by atoms with E-state index in [2.05, 4.69) is 98.0 Å². The highest BCUT2D eigenvalue weighted by Crippen LogP contribution is 2.14. The van der Waals surface area contributed by atoms with Crippen molar-refractivity contribution < 1.29 is 0 Å². The van der Waals surface area contributed by atoms with Crippen LogP contribution in [0.1, 0.15) is 61.2 Å². The summed E-state index contributed by atoms with van der Waals surface area (Å²) in [5, 5.41) is 3.24. The van der Waals surface area contributed by atoms with Gasteiger partial charge in [-0.25, -0.2) is 0 Å². The first kappa shape index (κ1) is 25.9. The van der Waals surface area contributed by atoms with Gasteiger partial charge in [-0.15, -0.1) is 0 Å². The molecule has 3 rings (SSSR count). The highest BCUT2D eigenvalue weighted by Gasteiger charge is 2.01. The van der Waals surface area contributed by atoms with Crippen LogP contribution in [0.15, 0.2) is 85.7 Å². The van der Waals surface area contributed by atoms with E-state index < -0.39 is 0 Å². The average Bonchev–Trinajstić information content (AvgIpc) is 2.77. The topological polar surface area (TPSA) is 24.9 Å². The van der Waals surface area contributed by atoms with Gasteiger partial charge in [0.2, 0.25) is 0 Å². The molecular weight excluding hydrogens is 376 g/mol. The molecule has 0 bridgehead atoms. The van der Waals surface area contributed by atoms with E-state index in [0.29, 0.717) is 0 Å². The van der Waals surface area contributed by atoms with Gasteiger partial charge in [-0.3, -0.25) is 4.98 Å². The maximum Gasteiger partial charge on any atom is 0.0655 e. The molecule has 31 heavy (non-hydrogen) atoms. The number of rotatable bonds is 6. The summed E-state index contributed by atoms with van der Waals surface area (Å²) in [4.78, 5) is 4.32. The van der Waals surface area contributed by atoms with E-state index in [1.54, 1.807) is 0 Å². The highest BCUT2D eigenvalue weighted by atomic mass is 14.9. The lowest BCUT2D eigenvalue weighted by atomic mass is 10.0. The van der Waals surface area contributed by atoms with E-state index in [0.717, 1.165) is 29.9 Å². The average molecular weight is 415 g/mol. The van der Waals surface area contributed by atoms with Crippen molar-refractivity contribution in [2.75, 3.05) is 0 Å². The number of nitrogens with one attached hydrogen (secondary N) is 1. The molecule has 0 saturated carbocycles. The van der Waals surface area contributed by atoms with Crippen molar-refractivity contribution >= 4 is 5.57 Å². The van der Waals surface area contributed by atoms with Gasteiger partial charge in [0.1, 0.15) is 0 Å². The number of aryl methyl sites for hydroxylation is 2. The third-order valence-corrected chi connectivity index (χ3v) is 4.51. The van der Waals surface area contributed by atoms with E-state index >= 15 is 0 Å². The van der Waals surface area contributed by atoms with Crippen LogP contribution in [-0.2, 0) is 13.0 Å². The molecule has 0 spiro atoms. The molecule has 0 aliphatic heterocycles. The van der Waals surface area contributed by atoms with E-state index in [9.17, 15) is 0 Å². The Bertz CT molecular complexity index is 914. The van der Waals surface area contributed by atoms with Crippen molar-refractivity contribution in [1.82, 2.24) is 10.3 Å². The molecule has 2 aromatic carbocycles. The van der Waals surface area contributed by atoms with Crippen LogP contribution in [0.25, 0.3) is 5.57 Å². The van der Waals surface area contributed by atoms with Crippen molar-refractivity contribution in [3.05, 3.63) is 119 Å². The Labute approximate surface area is 189 Å². The van der Waals surface area contributed by atoms with E-state index in [1.807, 2.05) is 33.9 Å². The van der Waals surface area contributed by atoms with E-state index in [1.165, 1.54) is 27.8 Å². The minimum Gasteiger partial charge on any atom is -0.385 e. The SMILES string of the molecule is C=C(C)NCc1ccc(Cc2ccnc(C(=C)C)c2)cc1.CC.Cc1ccc(C)cc1. The van der Waals surface area contributed by atoms with Gasteiger partial charge >= 0.3 is 0 Å². The van der Waals surface area contributed by atoms with Crippen LogP contribution in [0.4, 0.5) is 0 Å². The lowest BCUT2D eigenvalue weighted by molar-refractivity contribution is 0.815. The fourth-order valence-electron chi connectivity index (χ4n) is 2.72. The zero-order valence-electron chi connectivity index (χ0n) is 20.1. The molecule has 1 heterocycles. The quantitative estimate of drug-likeness (QED) is 0.448. The van der Waals surface area contributed by atoms with Gasteiger partial charge in [-0.1, -0.05) is 86.7 Å². The monoisotopic (exact) mass is 414 g/mol. The first-order valence-corrected chi connectivity index (χ1v) is 10.9. The normalized spacial score (nSPS) is 9.48. The van der Waals surface area contributed by atoms with Gasteiger partial charge in [-0.2, -0.15) is 0 Å². The number of aromatic nitrogens is 1. The maximum absolute atomic E-state index is 4.32.